The number of anilines is 1. The summed E-state index contributed by atoms with van der Waals surface area (Å²) in [5.41, 5.74) is 3.54. The van der Waals surface area contributed by atoms with E-state index in [1.807, 2.05) is 66.2 Å². The van der Waals surface area contributed by atoms with Crippen molar-refractivity contribution in [3.05, 3.63) is 90.1 Å². The molecule has 0 saturated carbocycles. The molecule has 0 saturated heterocycles. The monoisotopic (exact) mass is 475 g/mol. The number of hydrogen-bond donors (Lipinski definition) is 2. The third-order valence-electron chi connectivity index (χ3n) is 5.35. The molecule has 0 radical (unpaired) electrons. The summed E-state index contributed by atoms with van der Waals surface area (Å²) in [5, 5.41) is 12.7. The lowest BCUT2D eigenvalue weighted by atomic mass is 10.1. The van der Waals surface area contributed by atoms with Crippen LogP contribution in [-0.2, 0) is 4.79 Å². The van der Waals surface area contributed by atoms with Gasteiger partial charge in [-0.1, -0.05) is 48.2 Å². The first-order valence-corrected chi connectivity index (χ1v) is 11.5. The molecule has 9 heteroatoms. The van der Waals surface area contributed by atoms with Crippen molar-refractivity contribution < 1.29 is 13.6 Å². The number of amides is 1. The van der Waals surface area contributed by atoms with Crippen LogP contribution in [0.2, 0.25) is 0 Å². The smallest absolute Gasteiger partial charge is 0.234 e. The number of halogens is 2. The van der Waals surface area contributed by atoms with Crippen molar-refractivity contribution in [2.75, 3.05) is 11.1 Å². The quantitative estimate of drug-likeness (QED) is 0.308. The minimum atomic E-state index is -0.704. The Morgan fingerprint density at radius 3 is 2.71 bits per heavy atom. The van der Waals surface area contributed by atoms with Crippen LogP contribution in [0.15, 0.2) is 78.1 Å². The van der Waals surface area contributed by atoms with Gasteiger partial charge in [0.1, 0.15) is 11.6 Å². The van der Waals surface area contributed by atoms with Gasteiger partial charge in [0.05, 0.1) is 17.1 Å². The number of H-pyrrole nitrogens is 1. The zero-order chi connectivity index (χ0) is 23.7. The van der Waals surface area contributed by atoms with Crippen LogP contribution in [0.3, 0.4) is 0 Å². The average Bonchev–Trinajstić information content (AvgIpc) is 3.44. The number of nitrogens with one attached hydrogen (secondary N) is 2. The van der Waals surface area contributed by atoms with Crippen molar-refractivity contribution in [1.29, 1.82) is 0 Å². The predicted molar refractivity (Wildman–Crippen MR) is 129 cm³/mol. The number of rotatable bonds is 6. The molecule has 0 fully saturated rings. The molecule has 2 N–H and O–H groups in total. The summed E-state index contributed by atoms with van der Waals surface area (Å²) in [6.45, 7) is 1.99. The number of carbonyl (C=O) groups excluding carboxylic acids is 1. The first-order valence-electron chi connectivity index (χ1n) is 10.5. The van der Waals surface area contributed by atoms with Gasteiger partial charge in [-0.05, 0) is 36.8 Å². The van der Waals surface area contributed by atoms with Crippen LogP contribution in [0.1, 0.15) is 5.56 Å². The summed E-state index contributed by atoms with van der Waals surface area (Å²) in [4.78, 5) is 15.7. The van der Waals surface area contributed by atoms with E-state index in [9.17, 15) is 13.6 Å². The Labute approximate surface area is 198 Å². The number of para-hydroxylation sites is 2. The molecule has 0 atom stereocenters. The van der Waals surface area contributed by atoms with E-state index in [1.165, 1.54) is 0 Å². The Balaban J connectivity index is 1.49. The Morgan fingerprint density at radius 1 is 1.06 bits per heavy atom. The standard InChI is InChI=1S/C25H19F2N5OS/c1-15-6-2-5-9-22(15)32-24(18-13-28-20-8-4-3-7-17(18)20)30-31-25(32)34-14-23(33)29-21-12-16(26)10-11-19(21)27/h2-13,28H,14H2,1H3,(H,29,33). The van der Waals surface area contributed by atoms with Gasteiger partial charge in [0.2, 0.25) is 5.91 Å². The molecular formula is C25H19F2N5OS. The molecule has 0 aliphatic rings. The number of benzene rings is 3. The molecule has 2 heterocycles. The molecule has 0 bridgehead atoms. The number of aromatic nitrogens is 4. The van der Waals surface area contributed by atoms with Crippen LogP contribution in [0.5, 0.6) is 0 Å². The number of nitrogens with zero attached hydrogens (tertiary/aromatic N) is 3. The highest BCUT2D eigenvalue weighted by Gasteiger charge is 2.21. The second-order valence-electron chi connectivity index (χ2n) is 7.64. The van der Waals surface area contributed by atoms with Crippen LogP contribution < -0.4 is 5.32 Å². The lowest BCUT2D eigenvalue weighted by molar-refractivity contribution is -0.113. The summed E-state index contributed by atoms with van der Waals surface area (Å²) in [5.74, 6) is -1.25. The number of hydrogen-bond acceptors (Lipinski definition) is 4. The fourth-order valence-corrected chi connectivity index (χ4v) is 4.48. The third kappa shape index (κ3) is 4.17. The molecule has 34 heavy (non-hydrogen) atoms. The maximum atomic E-state index is 13.9. The van der Waals surface area contributed by atoms with E-state index in [0.717, 1.165) is 57.7 Å². The Bertz CT molecular complexity index is 1510. The van der Waals surface area contributed by atoms with Crippen molar-refractivity contribution in [2.45, 2.75) is 12.1 Å². The van der Waals surface area contributed by atoms with Gasteiger partial charge < -0.3 is 10.3 Å². The van der Waals surface area contributed by atoms with Crippen molar-refractivity contribution in [1.82, 2.24) is 19.7 Å². The molecule has 0 unspecified atom stereocenters. The summed E-state index contributed by atoms with van der Waals surface area (Å²) in [6, 6.07) is 18.6. The lowest BCUT2D eigenvalue weighted by Gasteiger charge is -2.12. The van der Waals surface area contributed by atoms with Gasteiger partial charge in [-0.25, -0.2) is 8.78 Å². The lowest BCUT2D eigenvalue weighted by Crippen LogP contribution is -2.15. The molecule has 6 nitrogen and oxygen atoms in total. The largest absolute Gasteiger partial charge is 0.360 e. The molecule has 0 aliphatic heterocycles. The number of carbonyl (C=O) groups is 1. The zero-order valence-electron chi connectivity index (χ0n) is 18.0. The first kappa shape index (κ1) is 21.8. The van der Waals surface area contributed by atoms with Crippen LogP contribution in [-0.4, -0.2) is 31.4 Å². The summed E-state index contributed by atoms with van der Waals surface area (Å²) < 4.78 is 29.2. The maximum absolute atomic E-state index is 13.9. The van der Waals surface area contributed by atoms with Crippen LogP contribution in [0.25, 0.3) is 28.0 Å². The minimum Gasteiger partial charge on any atom is -0.360 e. The normalized spacial score (nSPS) is 11.1. The third-order valence-corrected chi connectivity index (χ3v) is 6.28. The topological polar surface area (TPSA) is 75.6 Å². The highest BCUT2D eigenvalue weighted by molar-refractivity contribution is 7.99. The van der Waals surface area contributed by atoms with E-state index >= 15 is 0 Å². The average molecular weight is 476 g/mol. The molecule has 1 amide bonds. The Hall–Kier alpha value is -3.98. The van der Waals surface area contributed by atoms with E-state index in [0.29, 0.717) is 11.0 Å². The van der Waals surface area contributed by atoms with E-state index in [2.05, 4.69) is 20.5 Å². The molecular weight excluding hydrogens is 456 g/mol. The van der Waals surface area contributed by atoms with Crippen LogP contribution in [0, 0.1) is 18.6 Å². The Kier molecular flexibility index (Phi) is 5.85. The van der Waals surface area contributed by atoms with Gasteiger partial charge >= 0.3 is 0 Å². The Morgan fingerprint density at radius 2 is 1.85 bits per heavy atom. The van der Waals surface area contributed by atoms with Crippen molar-refractivity contribution in [2.24, 2.45) is 0 Å². The van der Waals surface area contributed by atoms with Gasteiger partial charge in [0.15, 0.2) is 11.0 Å². The fraction of sp³-hybridized carbons (Fsp3) is 0.0800. The predicted octanol–water partition coefficient (Wildman–Crippen LogP) is 5.73. The highest BCUT2D eigenvalue weighted by atomic mass is 32.2. The van der Waals surface area contributed by atoms with Gasteiger partial charge in [-0.15, -0.1) is 10.2 Å². The van der Waals surface area contributed by atoms with E-state index in [-0.39, 0.29) is 11.4 Å². The number of aromatic amines is 1. The van der Waals surface area contributed by atoms with Crippen molar-refractivity contribution in [3.8, 4) is 17.1 Å². The molecule has 2 aromatic heterocycles. The SMILES string of the molecule is Cc1ccccc1-n1c(SCC(=O)Nc2cc(F)ccc2F)nnc1-c1c[nH]c2ccccc12. The maximum Gasteiger partial charge on any atom is 0.234 e. The first-order chi connectivity index (χ1) is 16.5. The number of fused-ring (bicyclic) bond motifs is 1. The van der Waals surface area contributed by atoms with E-state index in [1.54, 1.807) is 0 Å². The number of thioether (sulfide) groups is 1. The molecule has 0 spiro atoms. The van der Waals surface area contributed by atoms with Gasteiger partial charge in [0.25, 0.3) is 0 Å². The van der Waals surface area contributed by atoms with Gasteiger partial charge in [0, 0.05) is 28.7 Å². The van der Waals surface area contributed by atoms with Crippen molar-refractivity contribution in [3.63, 3.8) is 0 Å². The summed E-state index contributed by atoms with van der Waals surface area (Å²) >= 11 is 1.16. The fourth-order valence-electron chi connectivity index (χ4n) is 3.74. The second kappa shape index (κ2) is 9.11. The molecule has 5 rings (SSSR count). The van der Waals surface area contributed by atoms with E-state index in [4.69, 9.17) is 0 Å². The number of aryl methyl sites for hydroxylation is 1. The minimum absolute atomic E-state index is 0.0617. The van der Waals surface area contributed by atoms with Gasteiger partial charge in [-0.2, -0.15) is 0 Å². The summed E-state index contributed by atoms with van der Waals surface area (Å²) in [7, 11) is 0. The van der Waals surface area contributed by atoms with Gasteiger partial charge in [-0.3, -0.25) is 9.36 Å². The summed E-state index contributed by atoms with van der Waals surface area (Å²) in [6.07, 6.45) is 1.89. The molecule has 5 aromatic rings. The zero-order valence-corrected chi connectivity index (χ0v) is 18.9. The van der Waals surface area contributed by atoms with Crippen LogP contribution >= 0.6 is 11.8 Å². The molecule has 170 valence electrons. The van der Waals surface area contributed by atoms with Crippen LogP contribution in [0.4, 0.5) is 14.5 Å². The highest BCUT2D eigenvalue weighted by Crippen LogP contribution is 2.33. The van der Waals surface area contributed by atoms with E-state index < -0.39 is 17.5 Å². The molecule has 3 aromatic carbocycles. The molecule has 0 aliphatic carbocycles. The van der Waals surface area contributed by atoms with Crippen molar-refractivity contribution >= 4 is 34.3 Å². The second-order valence-corrected chi connectivity index (χ2v) is 8.58.